The van der Waals surface area contributed by atoms with Crippen LogP contribution < -0.4 is 5.48 Å². The standard InChI is InChI=1S/C12H14F5N3O3S/c1-11(2)4-7(19-23-11)24(21,22)5-6-8(10(13)14)20(3)18-9(6)12(15,16)17/h4,10,19H,5H2,1-3H3. The molecule has 0 radical (unpaired) electrons. The van der Waals surface area contributed by atoms with Crippen molar-refractivity contribution in [2.75, 3.05) is 0 Å². The van der Waals surface area contributed by atoms with Crippen LogP contribution in [0.25, 0.3) is 0 Å². The number of halogens is 5. The molecule has 0 atom stereocenters. The van der Waals surface area contributed by atoms with Gasteiger partial charge < -0.3 is 0 Å². The molecule has 24 heavy (non-hydrogen) atoms. The van der Waals surface area contributed by atoms with E-state index in [4.69, 9.17) is 4.84 Å². The molecule has 0 amide bonds. The number of aryl methyl sites for hydroxylation is 1. The summed E-state index contributed by atoms with van der Waals surface area (Å²) in [5.74, 6) is -1.28. The number of aromatic nitrogens is 2. The fourth-order valence-electron chi connectivity index (χ4n) is 2.20. The van der Waals surface area contributed by atoms with Crippen LogP contribution in [0.15, 0.2) is 11.1 Å². The summed E-state index contributed by atoms with van der Waals surface area (Å²) in [7, 11) is -3.48. The highest BCUT2D eigenvalue weighted by Crippen LogP contribution is 2.37. The van der Waals surface area contributed by atoms with Gasteiger partial charge in [-0.1, -0.05) is 0 Å². The summed E-state index contributed by atoms with van der Waals surface area (Å²) in [5.41, 5.74) is -2.73. The van der Waals surface area contributed by atoms with E-state index in [-0.39, 0.29) is 0 Å². The Balaban J connectivity index is 2.53. The Morgan fingerprint density at radius 3 is 2.38 bits per heavy atom. The minimum Gasteiger partial charge on any atom is -0.266 e. The van der Waals surface area contributed by atoms with Gasteiger partial charge in [0.25, 0.3) is 6.43 Å². The third-order valence-corrected chi connectivity index (χ3v) is 4.77. The zero-order chi connectivity index (χ0) is 18.5. The van der Waals surface area contributed by atoms with Crippen LogP contribution in [0.3, 0.4) is 0 Å². The molecule has 1 aromatic heterocycles. The monoisotopic (exact) mass is 375 g/mol. The van der Waals surface area contributed by atoms with Crippen molar-refractivity contribution in [3.8, 4) is 0 Å². The number of hydrogen-bond donors (Lipinski definition) is 1. The molecular formula is C12H14F5N3O3S. The van der Waals surface area contributed by atoms with Crippen LogP contribution in [0.4, 0.5) is 22.0 Å². The normalized spacial score (nSPS) is 18.0. The summed E-state index contributed by atoms with van der Waals surface area (Å²) in [6.07, 6.45) is -7.24. The van der Waals surface area contributed by atoms with E-state index in [2.05, 4.69) is 10.6 Å². The summed E-state index contributed by atoms with van der Waals surface area (Å²) in [6.45, 7) is 3.02. The molecule has 2 heterocycles. The lowest BCUT2D eigenvalue weighted by Gasteiger charge is -2.11. The Kier molecular flexibility index (Phi) is 4.42. The van der Waals surface area contributed by atoms with E-state index in [0.29, 0.717) is 4.68 Å². The van der Waals surface area contributed by atoms with Crippen molar-refractivity contribution in [1.29, 1.82) is 0 Å². The van der Waals surface area contributed by atoms with Crippen molar-refractivity contribution in [2.24, 2.45) is 7.05 Å². The van der Waals surface area contributed by atoms with E-state index in [1.54, 1.807) is 0 Å². The molecule has 0 bridgehead atoms. The molecule has 0 fully saturated rings. The largest absolute Gasteiger partial charge is 0.435 e. The van der Waals surface area contributed by atoms with Crippen LogP contribution in [-0.2, 0) is 33.7 Å². The van der Waals surface area contributed by atoms with Gasteiger partial charge in [0.05, 0.1) is 5.75 Å². The minimum absolute atomic E-state index is 0.342. The predicted octanol–water partition coefficient (Wildman–Crippen LogP) is 2.45. The number of nitrogens with one attached hydrogen (secondary N) is 1. The topological polar surface area (TPSA) is 73.2 Å². The minimum atomic E-state index is -5.07. The van der Waals surface area contributed by atoms with Crippen molar-refractivity contribution >= 4 is 9.84 Å². The maximum absolute atomic E-state index is 13.1. The van der Waals surface area contributed by atoms with E-state index in [1.165, 1.54) is 13.8 Å². The third kappa shape index (κ3) is 3.53. The van der Waals surface area contributed by atoms with Crippen molar-refractivity contribution < 1.29 is 35.2 Å². The lowest BCUT2D eigenvalue weighted by molar-refractivity contribution is -0.141. The highest BCUT2D eigenvalue weighted by Gasteiger charge is 2.42. The van der Waals surface area contributed by atoms with E-state index < -0.39 is 55.8 Å². The Labute approximate surface area is 134 Å². The van der Waals surface area contributed by atoms with E-state index >= 15 is 0 Å². The maximum Gasteiger partial charge on any atom is 0.435 e. The Morgan fingerprint density at radius 2 is 1.96 bits per heavy atom. The van der Waals surface area contributed by atoms with Crippen LogP contribution in [0.5, 0.6) is 0 Å². The van der Waals surface area contributed by atoms with E-state index in [0.717, 1.165) is 13.1 Å². The van der Waals surface area contributed by atoms with Crippen LogP contribution in [0, 0.1) is 0 Å². The van der Waals surface area contributed by atoms with Crippen LogP contribution in [0.2, 0.25) is 0 Å². The summed E-state index contributed by atoms with van der Waals surface area (Å²) < 4.78 is 90.1. The number of hydroxylamine groups is 1. The second-order valence-electron chi connectivity index (χ2n) is 5.71. The molecule has 0 saturated carbocycles. The molecule has 0 saturated heterocycles. The molecule has 1 aromatic rings. The molecule has 0 spiro atoms. The first-order valence-corrected chi connectivity index (χ1v) is 8.20. The summed E-state index contributed by atoms with van der Waals surface area (Å²) >= 11 is 0. The fourth-order valence-corrected chi connectivity index (χ4v) is 3.65. The zero-order valence-electron chi connectivity index (χ0n) is 12.8. The van der Waals surface area contributed by atoms with Crippen molar-refractivity contribution in [3.05, 3.63) is 28.1 Å². The fraction of sp³-hybridized carbons (Fsp3) is 0.583. The molecule has 0 aliphatic carbocycles. The lowest BCUT2D eigenvalue weighted by Crippen LogP contribution is -2.23. The first-order chi connectivity index (χ1) is 10.7. The first kappa shape index (κ1) is 18.6. The van der Waals surface area contributed by atoms with Gasteiger partial charge in [-0.15, -0.1) is 0 Å². The molecule has 1 N–H and O–H groups in total. The number of alkyl halides is 5. The number of nitrogens with zero attached hydrogens (tertiary/aromatic N) is 2. The van der Waals surface area contributed by atoms with Gasteiger partial charge in [0.1, 0.15) is 11.3 Å². The zero-order valence-corrected chi connectivity index (χ0v) is 13.6. The van der Waals surface area contributed by atoms with Gasteiger partial charge in [0, 0.05) is 12.6 Å². The summed E-state index contributed by atoms with van der Waals surface area (Å²) in [5, 5.41) is 2.54. The SMILES string of the molecule is Cn1nc(C(F)(F)F)c(CS(=O)(=O)C2=CC(C)(C)ON2)c1C(F)F. The van der Waals surface area contributed by atoms with Crippen LogP contribution in [0.1, 0.15) is 37.2 Å². The number of sulfone groups is 1. The summed E-state index contributed by atoms with van der Waals surface area (Å²) in [6, 6.07) is 0. The first-order valence-electron chi connectivity index (χ1n) is 6.55. The molecule has 6 nitrogen and oxygen atoms in total. The Morgan fingerprint density at radius 1 is 1.38 bits per heavy atom. The van der Waals surface area contributed by atoms with Gasteiger partial charge in [-0.2, -0.15) is 18.3 Å². The Hall–Kier alpha value is -1.69. The van der Waals surface area contributed by atoms with Crippen molar-refractivity contribution in [3.63, 3.8) is 0 Å². The second-order valence-corrected chi connectivity index (χ2v) is 7.67. The highest BCUT2D eigenvalue weighted by atomic mass is 32.2. The van der Waals surface area contributed by atoms with Crippen molar-refractivity contribution in [2.45, 2.75) is 37.8 Å². The molecular weight excluding hydrogens is 361 g/mol. The molecule has 0 aromatic carbocycles. The van der Waals surface area contributed by atoms with Gasteiger partial charge in [0.2, 0.25) is 0 Å². The highest BCUT2D eigenvalue weighted by molar-refractivity contribution is 7.94. The molecule has 136 valence electrons. The molecule has 12 heteroatoms. The van der Waals surface area contributed by atoms with Crippen LogP contribution in [-0.4, -0.2) is 23.8 Å². The smallest absolute Gasteiger partial charge is 0.266 e. The molecule has 0 unspecified atom stereocenters. The predicted molar refractivity (Wildman–Crippen MR) is 72.2 cm³/mol. The van der Waals surface area contributed by atoms with Crippen molar-refractivity contribution in [1.82, 2.24) is 15.3 Å². The van der Waals surface area contributed by atoms with Crippen LogP contribution >= 0.6 is 0 Å². The third-order valence-electron chi connectivity index (χ3n) is 3.23. The van der Waals surface area contributed by atoms with Gasteiger partial charge in [-0.05, 0) is 19.9 Å². The lowest BCUT2D eigenvalue weighted by atomic mass is 10.1. The Bertz CT molecular complexity index is 781. The average molecular weight is 375 g/mol. The summed E-state index contributed by atoms with van der Waals surface area (Å²) in [4.78, 5) is 4.94. The quantitative estimate of drug-likeness (QED) is 0.819. The van der Waals surface area contributed by atoms with E-state index in [9.17, 15) is 30.4 Å². The maximum atomic E-state index is 13.1. The number of hydrogen-bond acceptors (Lipinski definition) is 5. The van der Waals surface area contributed by atoms with Gasteiger partial charge in [-0.25, -0.2) is 17.2 Å². The molecule has 2 rings (SSSR count). The molecule has 1 aliphatic rings. The average Bonchev–Trinajstić information content (AvgIpc) is 2.89. The second kappa shape index (κ2) is 5.69. The van der Waals surface area contributed by atoms with Gasteiger partial charge in [-0.3, -0.25) is 15.0 Å². The number of rotatable bonds is 4. The van der Waals surface area contributed by atoms with Gasteiger partial charge in [0.15, 0.2) is 20.6 Å². The van der Waals surface area contributed by atoms with Gasteiger partial charge >= 0.3 is 6.18 Å². The molecule has 1 aliphatic heterocycles. The van der Waals surface area contributed by atoms with E-state index in [1.807, 2.05) is 0 Å².